The predicted molar refractivity (Wildman–Crippen MR) is 54.4 cm³/mol. The fraction of sp³-hybridized carbons (Fsp3) is 0.556. The van der Waals surface area contributed by atoms with E-state index in [4.69, 9.17) is 4.74 Å². The molecule has 0 saturated heterocycles. The zero-order chi connectivity index (χ0) is 10.8. The smallest absolute Gasteiger partial charge is 0.320 e. The number of imidazole rings is 1. The van der Waals surface area contributed by atoms with Gasteiger partial charge in [0.05, 0.1) is 12.4 Å². The van der Waals surface area contributed by atoms with Crippen molar-refractivity contribution in [2.75, 3.05) is 11.9 Å². The molecule has 0 aliphatic carbocycles. The van der Waals surface area contributed by atoms with Crippen molar-refractivity contribution < 1.29 is 9.53 Å². The van der Waals surface area contributed by atoms with E-state index >= 15 is 0 Å². The normalized spacial score (nSPS) is 19.3. The average molecular weight is 210 g/mol. The molecule has 1 aromatic heterocycles. The van der Waals surface area contributed by atoms with E-state index in [9.17, 15) is 4.79 Å². The van der Waals surface area contributed by atoms with E-state index < -0.39 is 0 Å². The number of hydrogen-bond acceptors (Lipinski definition) is 3. The van der Waals surface area contributed by atoms with Crippen molar-refractivity contribution in [2.45, 2.75) is 26.6 Å². The second kappa shape index (κ2) is 3.90. The van der Waals surface area contributed by atoms with Gasteiger partial charge in [0.2, 0.25) is 0 Å². The van der Waals surface area contributed by atoms with E-state index in [1.165, 1.54) is 0 Å². The highest BCUT2D eigenvalue weighted by atomic mass is 16.5. The zero-order valence-electron chi connectivity index (χ0n) is 8.78. The third-order valence-corrected chi connectivity index (χ3v) is 2.29. The molecule has 2 amide bonds. The van der Waals surface area contributed by atoms with Crippen LogP contribution in [0.25, 0.3) is 0 Å². The molecule has 15 heavy (non-hydrogen) atoms. The lowest BCUT2D eigenvalue weighted by Gasteiger charge is -2.21. The van der Waals surface area contributed by atoms with Gasteiger partial charge >= 0.3 is 6.03 Å². The van der Waals surface area contributed by atoms with Gasteiger partial charge in [-0.15, -0.1) is 0 Å². The van der Waals surface area contributed by atoms with Gasteiger partial charge in [-0.1, -0.05) is 0 Å². The van der Waals surface area contributed by atoms with Crippen LogP contribution in [0.2, 0.25) is 0 Å². The van der Waals surface area contributed by atoms with E-state index in [1.54, 1.807) is 10.9 Å². The molecule has 1 atom stereocenters. The molecule has 1 unspecified atom stereocenters. The fourth-order valence-electron chi connectivity index (χ4n) is 1.55. The molecule has 1 aliphatic rings. The van der Waals surface area contributed by atoms with Gasteiger partial charge < -0.3 is 10.1 Å². The van der Waals surface area contributed by atoms with Crippen LogP contribution in [0.5, 0.6) is 0 Å². The lowest BCUT2D eigenvalue weighted by atomic mass is 10.2. The number of fused-ring (bicyclic) bond motifs is 1. The predicted octanol–water partition coefficient (Wildman–Crippen LogP) is 1.07. The first-order valence-electron chi connectivity index (χ1n) is 4.92. The summed E-state index contributed by atoms with van der Waals surface area (Å²) in [6.07, 6.45) is 1.67. The van der Waals surface area contributed by atoms with Crippen LogP contribution in [0.15, 0.2) is 6.33 Å². The Morgan fingerprint density at radius 3 is 3.20 bits per heavy atom. The van der Waals surface area contributed by atoms with Gasteiger partial charge in [-0.25, -0.2) is 9.78 Å². The third-order valence-electron chi connectivity index (χ3n) is 2.29. The Bertz CT molecular complexity index is 374. The SMILES string of the molecule is CCOCn1cnc2c1NC(=O)NC2C. The number of nitrogens with one attached hydrogen (secondary N) is 2. The highest BCUT2D eigenvalue weighted by molar-refractivity contribution is 5.91. The number of urea groups is 1. The van der Waals surface area contributed by atoms with Crippen LogP contribution in [-0.4, -0.2) is 22.2 Å². The van der Waals surface area contributed by atoms with Gasteiger partial charge in [0.15, 0.2) is 0 Å². The number of anilines is 1. The highest BCUT2D eigenvalue weighted by Crippen LogP contribution is 2.24. The Morgan fingerprint density at radius 2 is 2.47 bits per heavy atom. The van der Waals surface area contributed by atoms with E-state index in [-0.39, 0.29) is 12.1 Å². The minimum absolute atomic E-state index is 0.0587. The summed E-state index contributed by atoms with van der Waals surface area (Å²) in [5.74, 6) is 0.722. The number of carbonyl (C=O) groups is 1. The van der Waals surface area contributed by atoms with Crippen molar-refractivity contribution in [3.8, 4) is 0 Å². The van der Waals surface area contributed by atoms with E-state index in [1.807, 2.05) is 13.8 Å². The molecule has 0 radical (unpaired) electrons. The van der Waals surface area contributed by atoms with Gasteiger partial charge in [0.1, 0.15) is 18.2 Å². The van der Waals surface area contributed by atoms with Crippen molar-refractivity contribution in [3.63, 3.8) is 0 Å². The zero-order valence-corrected chi connectivity index (χ0v) is 8.78. The van der Waals surface area contributed by atoms with Gasteiger partial charge in [0.25, 0.3) is 0 Å². The van der Waals surface area contributed by atoms with Crippen LogP contribution < -0.4 is 10.6 Å². The Balaban J connectivity index is 2.24. The van der Waals surface area contributed by atoms with Gasteiger partial charge in [-0.3, -0.25) is 9.88 Å². The van der Waals surface area contributed by atoms with Crippen molar-refractivity contribution >= 4 is 11.8 Å². The van der Waals surface area contributed by atoms with Crippen LogP contribution in [0.4, 0.5) is 10.6 Å². The van der Waals surface area contributed by atoms with Crippen molar-refractivity contribution in [3.05, 3.63) is 12.0 Å². The Hall–Kier alpha value is -1.56. The molecule has 82 valence electrons. The third kappa shape index (κ3) is 1.80. The van der Waals surface area contributed by atoms with Gasteiger partial charge in [-0.2, -0.15) is 0 Å². The minimum atomic E-state index is -0.201. The number of ether oxygens (including phenoxy) is 1. The minimum Gasteiger partial charge on any atom is -0.361 e. The molecule has 2 rings (SSSR count). The largest absolute Gasteiger partial charge is 0.361 e. The Kier molecular flexibility index (Phi) is 2.59. The number of rotatable bonds is 3. The molecule has 1 aromatic rings. The molecular formula is C9H14N4O2. The summed E-state index contributed by atoms with van der Waals surface area (Å²) >= 11 is 0. The van der Waals surface area contributed by atoms with Crippen LogP contribution in [-0.2, 0) is 11.5 Å². The molecule has 0 aromatic carbocycles. The van der Waals surface area contributed by atoms with Crippen LogP contribution in [0.3, 0.4) is 0 Å². The lowest BCUT2D eigenvalue weighted by molar-refractivity contribution is 0.0890. The highest BCUT2D eigenvalue weighted by Gasteiger charge is 2.25. The summed E-state index contributed by atoms with van der Waals surface area (Å²) in [6.45, 7) is 4.86. The van der Waals surface area contributed by atoms with E-state index in [2.05, 4.69) is 15.6 Å². The summed E-state index contributed by atoms with van der Waals surface area (Å²) < 4.78 is 7.05. The molecule has 0 bridgehead atoms. The van der Waals surface area contributed by atoms with Gasteiger partial charge in [0, 0.05) is 6.61 Å². The number of nitrogens with zero attached hydrogens (tertiary/aromatic N) is 2. The summed E-state index contributed by atoms with van der Waals surface area (Å²) in [6, 6.07) is -0.259. The molecule has 1 aliphatic heterocycles. The van der Waals surface area contributed by atoms with E-state index in [0.717, 1.165) is 11.5 Å². The first-order chi connectivity index (χ1) is 7.22. The second-order valence-electron chi connectivity index (χ2n) is 3.39. The molecule has 6 heteroatoms. The first kappa shape index (κ1) is 9.97. The maximum absolute atomic E-state index is 11.3. The molecule has 0 saturated carbocycles. The molecule has 2 heterocycles. The van der Waals surface area contributed by atoms with Crippen LogP contribution in [0, 0.1) is 0 Å². The standard InChI is InChI=1S/C9H14N4O2/c1-3-15-5-13-4-10-7-6(2)11-9(14)12-8(7)13/h4,6H,3,5H2,1-2H3,(H2,11,12,14). The monoisotopic (exact) mass is 210 g/mol. The molecular weight excluding hydrogens is 196 g/mol. The fourth-order valence-corrected chi connectivity index (χ4v) is 1.55. The maximum atomic E-state index is 11.3. The topological polar surface area (TPSA) is 68.2 Å². The van der Waals surface area contributed by atoms with Crippen molar-refractivity contribution in [2.24, 2.45) is 0 Å². The summed E-state index contributed by atoms with van der Waals surface area (Å²) in [7, 11) is 0. The first-order valence-corrected chi connectivity index (χ1v) is 4.92. The summed E-state index contributed by atoms with van der Waals surface area (Å²) in [5, 5.41) is 5.46. The molecule has 0 fully saturated rings. The maximum Gasteiger partial charge on any atom is 0.320 e. The second-order valence-corrected chi connectivity index (χ2v) is 3.39. The number of carbonyl (C=O) groups excluding carboxylic acids is 1. The quantitative estimate of drug-likeness (QED) is 0.784. The van der Waals surface area contributed by atoms with Crippen molar-refractivity contribution in [1.82, 2.24) is 14.9 Å². The average Bonchev–Trinajstić information content (AvgIpc) is 2.58. The van der Waals surface area contributed by atoms with Crippen LogP contribution >= 0.6 is 0 Å². The summed E-state index contributed by atoms with van der Waals surface area (Å²) in [4.78, 5) is 15.5. The summed E-state index contributed by atoms with van der Waals surface area (Å²) in [5.41, 5.74) is 0.842. The lowest BCUT2D eigenvalue weighted by Crippen LogP contribution is -2.37. The van der Waals surface area contributed by atoms with Gasteiger partial charge in [-0.05, 0) is 13.8 Å². The molecule has 6 nitrogen and oxygen atoms in total. The Morgan fingerprint density at radius 1 is 1.67 bits per heavy atom. The number of aromatic nitrogens is 2. The number of hydrogen-bond donors (Lipinski definition) is 2. The van der Waals surface area contributed by atoms with E-state index in [0.29, 0.717) is 13.3 Å². The van der Waals surface area contributed by atoms with Crippen LogP contribution in [0.1, 0.15) is 25.6 Å². The number of amides is 2. The Labute approximate surface area is 87.6 Å². The molecule has 0 spiro atoms. The van der Waals surface area contributed by atoms with Crippen molar-refractivity contribution in [1.29, 1.82) is 0 Å². The molecule has 2 N–H and O–H groups in total.